The van der Waals surface area contributed by atoms with Crippen LogP contribution in [0, 0.1) is 0 Å². The molecular formula is C8H17N3O. The van der Waals surface area contributed by atoms with Gasteiger partial charge in [0.1, 0.15) is 5.54 Å². The molecule has 0 aliphatic carbocycles. The Hall–Kier alpha value is -0.610. The Balaban J connectivity index is 2.67. The van der Waals surface area contributed by atoms with Crippen molar-refractivity contribution < 1.29 is 4.79 Å². The fourth-order valence-electron chi connectivity index (χ4n) is 1.65. The molecule has 0 saturated carbocycles. The van der Waals surface area contributed by atoms with Gasteiger partial charge >= 0.3 is 0 Å². The van der Waals surface area contributed by atoms with E-state index in [4.69, 9.17) is 5.73 Å². The lowest BCUT2D eigenvalue weighted by atomic mass is 9.99. The van der Waals surface area contributed by atoms with Crippen LogP contribution in [0.25, 0.3) is 0 Å². The molecule has 1 aliphatic rings. The summed E-state index contributed by atoms with van der Waals surface area (Å²) in [5.74, 6) is 0.0341. The number of nitrogens with two attached hydrogens (primary N) is 1. The average molecular weight is 171 g/mol. The summed E-state index contributed by atoms with van der Waals surface area (Å²) in [7, 11) is 5.47. The van der Waals surface area contributed by atoms with Crippen LogP contribution < -0.4 is 5.73 Å². The first kappa shape index (κ1) is 9.48. The van der Waals surface area contributed by atoms with E-state index in [2.05, 4.69) is 4.90 Å². The van der Waals surface area contributed by atoms with Gasteiger partial charge in [0.2, 0.25) is 5.91 Å². The van der Waals surface area contributed by atoms with Gasteiger partial charge in [0.15, 0.2) is 0 Å². The molecule has 1 aliphatic heterocycles. The Morgan fingerprint density at radius 3 is 2.50 bits per heavy atom. The second-order valence-corrected chi connectivity index (χ2v) is 3.84. The summed E-state index contributed by atoms with van der Waals surface area (Å²) in [6.07, 6.45) is 0.764. The zero-order chi connectivity index (χ0) is 9.35. The van der Waals surface area contributed by atoms with Crippen molar-refractivity contribution in [3.05, 3.63) is 0 Å². The van der Waals surface area contributed by atoms with Crippen molar-refractivity contribution in [2.24, 2.45) is 5.73 Å². The van der Waals surface area contributed by atoms with Gasteiger partial charge < -0.3 is 15.5 Å². The van der Waals surface area contributed by atoms with Crippen LogP contribution in [0.3, 0.4) is 0 Å². The van der Waals surface area contributed by atoms with E-state index in [-0.39, 0.29) is 5.91 Å². The molecule has 1 atom stereocenters. The maximum atomic E-state index is 11.6. The molecule has 0 aromatic rings. The van der Waals surface area contributed by atoms with Gasteiger partial charge in [-0.25, -0.2) is 0 Å². The Morgan fingerprint density at radius 1 is 1.58 bits per heavy atom. The van der Waals surface area contributed by atoms with Crippen molar-refractivity contribution in [1.29, 1.82) is 0 Å². The Labute approximate surface area is 73.3 Å². The number of carbonyl (C=O) groups excluding carboxylic acids is 1. The highest BCUT2D eigenvalue weighted by Gasteiger charge is 2.40. The number of hydrogen-bond acceptors (Lipinski definition) is 3. The van der Waals surface area contributed by atoms with Crippen LogP contribution in [0.1, 0.15) is 6.42 Å². The summed E-state index contributed by atoms with van der Waals surface area (Å²) in [4.78, 5) is 15.2. The number of nitrogens with zero attached hydrogens (tertiary/aromatic N) is 2. The monoisotopic (exact) mass is 171 g/mol. The average Bonchev–Trinajstić information content (AvgIpc) is 2.31. The molecule has 0 radical (unpaired) electrons. The van der Waals surface area contributed by atoms with Crippen LogP contribution in [0.4, 0.5) is 0 Å². The van der Waals surface area contributed by atoms with Gasteiger partial charge in [-0.1, -0.05) is 0 Å². The van der Waals surface area contributed by atoms with Crippen LogP contribution in [-0.2, 0) is 4.79 Å². The zero-order valence-electron chi connectivity index (χ0n) is 8.00. The van der Waals surface area contributed by atoms with Crippen LogP contribution in [0.2, 0.25) is 0 Å². The van der Waals surface area contributed by atoms with Gasteiger partial charge in [0.25, 0.3) is 0 Å². The van der Waals surface area contributed by atoms with Crippen LogP contribution in [0.5, 0.6) is 0 Å². The van der Waals surface area contributed by atoms with E-state index in [9.17, 15) is 4.79 Å². The molecule has 1 heterocycles. The number of hydrogen-bond donors (Lipinski definition) is 1. The molecule has 1 saturated heterocycles. The molecule has 4 heteroatoms. The Kier molecular flexibility index (Phi) is 2.39. The lowest BCUT2D eigenvalue weighted by Gasteiger charge is -2.26. The third-order valence-electron chi connectivity index (χ3n) is 2.32. The zero-order valence-corrected chi connectivity index (χ0v) is 8.00. The molecule has 0 spiro atoms. The minimum absolute atomic E-state index is 0.0341. The molecule has 70 valence electrons. The van der Waals surface area contributed by atoms with Crippen LogP contribution in [-0.4, -0.2) is 55.5 Å². The lowest BCUT2D eigenvalue weighted by molar-refractivity contribution is -0.133. The molecule has 0 bridgehead atoms. The van der Waals surface area contributed by atoms with Crippen molar-refractivity contribution in [3.8, 4) is 0 Å². The summed E-state index contributed by atoms with van der Waals surface area (Å²) in [5.41, 5.74) is 5.32. The van der Waals surface area contributed by atoms with E-state index < -0.39 is 5.54 Å². The van der Waals surface area contributed by atoms with E-state index in [1.54, 1.807) is 19.0 Å². The highest BCUT2D eigenvalue weighted by molar-refractivity contribution is 5.86. The van der Waals surface area contributed by atoms with Crippen molar-refractivity contribution >= 4 is 5.91 Å². The summed E-state index contributed by atoms with van der Waals surface area (Å²) >= 11 is 0. The summed E-state index contributed by atoms with van der Waals surface area (Å²) in [6.45, 7) is 1.58. The first-order valence-corrected chi connectivity index (χ1v) is 4.15. The van der Waals surface area contributed by atoms with E-state index in [0.717, 1.165) is 13.0 Å². The summed E-state index contributed by atoms with van der Waals surface area (Å²) in [5, 5.41) is 0. The topological polar surface area (TPSA) is 49.6 Å². The Bertz CT molecular complexity index is 193. The van der Waals surface area contributed by atoms with Gasteiger partial charge in [-0.05, 0) is 13.5 Å². The largest absolute Gasteiger partial charge is 0.347 e. The molecule has 1 fully saturated rings. The summed E-state index contributed by atoms with van der Waals surface area (Å²) in [6, 6.07) is 0. The molecule has 0 aromatic carbocycles. The molecular weight excluding hydrogens is 154 g/mol. The molecule has 1 rings (SSSR count). The predicted molar refractivity (Wildman–Crippen MR) is 47.7 cm³/mol. The molecule has 1 unspecified atom stereocenters. The first-order valence-electron chi connectivity index (χ1n) is 4.15. The Morgan fingerprint density at radius 2 is 2.17 bits per heavy atom. The fraction of sp³-hybridized carbons (Fsp3) is 0.875. The number of amides is 1. The van der Waals surface area contributed by atoms with E-state index in [0.29, 0.717) is 6.54 Å². The van der Waals surface area contributed by atoms with Crippen molar-refractivity contribution in [2.45, 2.75) is 12.0 Å². The van der Waals surface area contributed by atoms with E-state index in [1.165, 1.54) is 0 Å². The smallest absolute Gasteiger partial charge is 0.243 e. The molecule has 2 N–H and O–H groups in total. The minimum atomic E-state index is -0.641. The van der Waals surface area contributed by atoms with Crippen molar-refractivity contribution in [3.63, 3.8) is 0 Å². The van der Waals surface area contributed by atoms with Gasteiger partial charge in [-0.3, -0.25) is 4.79 Å². The molecule has 1 amide bonds. The van der Waals surface area contributed by atoms with Crippen molar-refractivity contribution in [2.75, 3.05) is 34.2 Å². The standard InChI is InChI=1S/C8H17N3O/c1-10(2)7(12)8(9)4-5-11(3)6-8/h4-6,9H2,1-3H3. The van der Waals surface area contributed by atoms with Crippen LogP contribution >= 0.6 is 0 Å². The first-order chi connectivity index (χ1) is 5.46. The second-order valence-electron chi connectivity index (χ2n) is 3.84. The molecule has 12 heavy (non-hydrogen) atoms. The number of likely N-dealkylation sites (N-methyl/N-ethyl adjacent to an activating group) is 2. The van der Waals surface area contributed by atoms with E-state index in [1.807, 2.05) is 7.05 Å². The van der Waals surface area contributed by atoms with Gasteiger partial charge in [0, 0.05) is 27.2 Å². The number of likely N-dealkylation sites (tertiary alicyclic amines) is 1. The maximum Gasteiger partial charge on any atom is 0.243 e. The van der Waals surface area contributed by atoms with Crippen molar-refractivity contribution in [1.82, 2.24) is 9.80 Å². The normalized spacial score (nSPS) is 30.7. The highest BCUT2D eigenvalue weighted by atomic mass is 16.2. The number of carbonyl (C=O) groups is 1. The third kappa shape index (κ3) is 1.59. The lowest BCUT2D eigenvalue weighted by Crippen LogP contribution is -2.54. The fourth-order valence-corrected chi connectivity index (χ4v) is 1.65. The second kappa shape index (κ2) is 3.03. The van der Waals surface area contributed by atoms with Gasteiger partial charge in [-0.2, -0.15) is 0 Å². The minimum Gasteiger partial charge on any atom is -0.347 e. The summed E-state index contributed by atoms with van der Waals surface area (Å²) < 4.78 is 0. The van der Waals surface area contributed by atoms with Gasteiger partial charge in [-0.15, -0.1) is 0 Å². The molecule has 0 aromatic heterocycles. The third-order valence-corrected chi connectivity index (χ3v) is 2.32. The van der Waals surface area contributed by atoms with E-state index >= 15 is 0 Å². The number of rotatable bonds is 1. The highest BCUT2D eigenvalue weighted by Crippen LogP contribution is 2.18. The molecule has 4 nitrogen and oxygen atoms in total. The SMILES string of the molecule is CN1CCC(N)(C(=O)N(C)C)C1. The van der Waals surface area contributed by atoms with Gasteiger partial charge in [0.05, 0.1) is 0 Å². The quantitative estimate of drug-likeness (QED) is 0.556. The van der Waals surface area contributed by atoms with Crippen LogP contribution in [0.15, 0.2) is 0 Å². The maximum absolute atomic E-state index is 11.6. The predicted octanol–water partition coefficient (Wildman–Crippen LogP) is -0.892.